The van der Waals surface area contributed by atoms with Crippen molar-refractivity contribution in [3.05, 3.63) is 65.0 Å². The zero-order valence-electron chi connectivity index (χ0n) is 17.3. The highest BCUT2D eigenvalue weighted by atomic mass is 19.1. The van der Waals surface area contributed by atoms with Gasteiger partial charge < -0.3 is 14.6 Å². The maximum Gasteiger partial charge on any atom is 0.127 e. The highest BCUT2D eigenvalue weighted by molar-refractivity contribution is 5.37. The van der Waals surface area contributed by atoms with E-state index in [-0.39, 0.29) is 18.5 Å². The SMILES string of the molecule is COCc1cc(CN2CCN(Cc3ccccc3F)[C@H](CCO)C2)ccc1OC. The first-order valence-electron chi connectivity index (χ1n) is 10.1. The minimum atomic E-state index is -0.165. The van der Waals surface area contributed by atoms with E-state index in [0.29, 0.717) is 25.1 Å². The van der Waals surface area contributed by atoms with Crippen molar-refractivity contribution in [2.24, 2.45) is 0 Å². The molecule has 1 aliphatic rings. The van der Waals surface area contributed by atoms with Crippen LogP contribution in [0.4, 0.5) is 4.39 Å². The Hall–Kier alpha value is -1.99. The summed E-state index contributed by atoms with van der Waals surface area (Å²) in [7, 11) is 3.35. The molecule has 6 heteroatoms. The number of halogens is 1. The van der Waals surface area contributed by atoms with Crippen LogP contribution >= 0.6 is 0 Å². The average molecular weight is 403 g/mol. The van der Waals surface area contributed by atoms with Gasteiger partial charge >= 0.3 is 0 Å². The topological polar surface area (TPSA) is 45.2 Å². The summed E-state index contributed by atoms with van der Waals surface area (Å²) >= 11 is 0. The van der Waals surface area contributed by atoms with E-state index in [1.54, 1.807) is 20.3 Å². The lowest BCUT2D eigenvalue weighted by atomic mass is 10.0. The molecule has 1 saturated heterocycles. The van der Waals surface area contributed by atoms with E-state index in [9.17, 15) is 9.50 Å². The molecule has 1 N–H and O–H groups in total. The third-order valence-corrected chi connectivity index (χ3v) is 5.53. The fourth-order valence-electron chi connectivity index (χ4n) is 4.03. The summed E-state index contributed by atoms with van der Waals surface area (Å²) in [5.74, 6) is 0.671. The van der Waals surface area contributed by atoms with Gasteiger partial charge in [0.2, 0.25) is 0 Å². The molecule has 0 saturated carbocycles. The number of benzene rings is 2. The third kappa shape index (κ3) is 5.76. The van der Waals surface area contributed by atoms with Crippen LogP contribution in [0.25, 0.3) is 0 Å². The highest BCUT2D eigenvalue weighted by Crippen LogP contribution is 2.23. The summed E-state index contributed by atoms with van der Waals surface area (Å²) in [6.45, 7) is 4.65. The van der Waals surface area contributed by atoms with Crippen LogP contribution in [0.2, 0.25) is 0 Å². The van der Waals surface area contributed by atoms with Crippen molar-refractivity contribution in [2.75, 3.05) is 40.5 Å². The minimum Gasteiger partial charge on any atom is -0.496 e. The molecule has 3 rings (SSSR count). The van der Waals surface area contributed by atoms with Gasteiger partial charge in [0.15, 0.2) is 0 Å². The number of piperazine rings is 1. The maximum absolute atomic E-state index is 14.1. The molecule has 5 nitrogen and oxygen atoms in total. The number of nitrogens with zero attached hydrogens (tertiary/aromatic N) is 2. The third-order valence-electron chi connectivity index (χ3n) is 5.53. The number of aliphatic hydroxyl groups excluding tert-OH is 1. The van der Waals surface area contributed by atoms with Crippen LogP contribution in [0.15, 0.2) is 42.5 Å². The number of methoxy groups -OCH3 is 2. The number of aliphatic hydroxyl groups is 1. The second-order valence-electron chi connectivity index (χ2n) is 7.54. The van der Waals surface area contributed by atoms with E-state index < -0.39 is 0 Å². The first-order valence-corrected chi connectivity index (χ1v) is 10.1. The molecule has 0 unspecified atom stereocenters. The molecule has 2 aromatic carbocycles. The van der Waals surface area contributed by atoms with Crippen LogP contribution in [0, 0.1) is 5.82 Å². The molecule has 1 atom stereocenters. The van der Waals surface area contributed by atoms with E-state index in [1.807, 2.05) is 18.2 Å². The maximum atomic E-state index is 14.1. The molecule has 1 fully saturated rings. The zero-order valence-corrected chi connectivity index (χ0v) is 17.3. The molecule has 29 heavy (non-hydrogen) atoms. The summed E-state index contributed by atoms with van der Waals surface area (Å²) in [4.78, 5) is 4.69. The predicted molar refractivity (Wildman–Crippen MR) is 111 cm³/mol. The van der Waals surface area contributed by atoms with Gasteiger partial charge in [-0.3, -0.25) is 9.80 Å². The molecule has 0 bridgehead atoms. The molecular weight excluding hydrogens is 371 g/mol. The van der Waals surface area contributed by atoms with Gasteiger partial charge in [0, 0.05) is 63.6 Å². The van der Waals surface area contributed by atoms with Crippen molar-refractivity contribution in [2.45, 2.75) is 32.2 Å². The Balaban J connectivity index is 1.66. The zero-order chi connectivity index (χ0) is 20.6. The van der Waals surface area contributed by atoms with Gasteiger partial charge in [0.25, 0.3) is 0 Å². The van der Waals surface area contributed by atoms with Crippen molar-refractivity contribution >= 4 is 0 Å². The van der Waals surface area contributed by atoms with Crippen LogP contribution in [0.1, 0.15) is 23.1 Å². The van der Waals surface area contributed by atoms with Crippen molar-refractivity contribution in [1.29, 1.82) is 0 Å². The normalized spacial score (nSPS) is 18.1. The Morgan fingerprint density at radius 2 is 1.90 bits per heavy atom. The van der Waals surface area contributed by atoms with Gasteiger partial charge in [-0.15, -0.1) is 0 Å². The van der Waals surface area contributed by atoms with Gasteiger partial charge in [-0.05, 0) is 30.2 Å². The van der Waals surface area contributed by atoms with Crippen molar-refractivity contribution in [1.82, 2.24) is 9.80 Å². The quantitative estimate of drug-likeness (QED) is 0.699. The second-order valence-corrected chi connectivity index (χ2v) is 7.54. The van der Waals surface area contributed by atoms with Crippen molar-refractivity contribution in [3.8, 4) is 5.75 Å². The van der Waals surface area contributed by atoms with Crippen molar-refractivity contribution < 1.29 is 19.0 Å². The van der Waals surface area contributed by atoms with Gasteiger partial charge in [0.1, 0.15) is 11.6 Å². The average Bonchev–Trinajstić information content (AvgIpc) is 2.72. The molecule has 0 aliphatic carbocycles. The molecule has 0 aromatic heterocycles. The van der Waals surface area contributed by atoms with E-state index in [2.05, 4.69) is 21.9 Å². The van der Waals surface area contributed by atoms with Crippen LogP contribution in [-0.2, 0) is 24.4 Å². The minimum absolute atomic E-state index is 0.132. The number of rotatable bonds is 9. The van der Waals surface area contributed by atoms with Crippen molar-refractivity contribution in [3.63, 3.8) is 0 Å². The monoisotopic (exact) mass is 402 g/mol. The summed E-state index contributed by atoms with van der Waals surface area (Å²) in [5, 5.41) is 9.54. The number of hydrogen-bond acceptors (Lipinski definition) is 5. The van der Waals surface area contributed by atoms with Gasteiger partial charge in [-0.1, -0.05) is 24.3 Å². The predicted octanol–water partition coefficient (Wildman–Crippen LogP) is 3.05. The molecular formula is C23H31FN2O3. The number of hydrogen-bond donors (Lipinski definition) is 1. The molecule has 1 heterocycles. The molecule has 0 spiro atoms. The number of ether oxygens (including phenoxy) is 2. The first-order chi connectivity index (χ1) is 14.1. The fraction of sp³-hybridized carbons (Fsp3) is 0.478. The van der Waals surface area contributed by atoms with Crippen LogP contribution in [0.5, 0.6) is 5.75 Å². The standard InChI is InChI=1S/C23H31FN2O3/c1-28-17-20-13-18(7-8-23(20)29-2)14-25-10-11-26(21(16-25)9-12-27)15-19-5-3-4-6-22(19)24/h3-8,13,21,27H,9-12,14-17H2,1-2H3/t21-/m1/s1. The molecule has 158 valence electrons. The van der Waals surface area contributed by atoms with Crippen LogP contribution < -0.4 is 4.74 Å². The van der Waals surface area contributed by atoms with Gasteiger partial charge in [-0.25, -0.2) is 4.39 Å². The smallest absolute Gasteiger partial charge is 0.127 e. The lowest BCUT2D eigenvalue weighted by Crippen LogP contribution is -2.52. The Kier molecular flexibility index (Phi) is 8.00. The molecule has 1 aliphatic heterocycles. The van der Waals surface area contributed by atoms with E-state index in [0.717, 1.165) is 37.5 Å². The first kappa shape index (κ1) is 21.7. The van der Waals surface area contributed by atoms with Crippen LogP contribution in [-0.4, -0.2) is 61.4 Å². The summed E-state index contributed by atoms with van der Waals surface area (Å²) in [5.41, 5.74) is 2.96. The Labute approximate surface area is 172 Å². The summed E-state index contributed by atoms with van der Waals surface area (Å²) in [6, 6.07) is 13.3. The van der Waals surface area contributed by atoms with Crippen LogP contribution in [0.3, 0.4) is 0 Å². The second kappa shape index (κ2) is 10.7. The van der Waals surface area contributed by atoms with E-state index >= 15 is 0 Å². The fourth-order valence-corrected chi connectivity index (χ4v) is 4.03. The Bertz CT molecular complexity index is 786. The molecule has 0 amide bonds. The highest BCUT2D eigenvalue weighted by Gasteiger charge is 2.27. The molecule has 2 aromatic rings. The lowest BCUT2D eigenvalue weighted by molar-refractivity contribution is 0.0492. The Morgan fingerprint density at radius 3 is 2.62 bits per heavy atom. The van der Waals surface area contributed by atoms with Gasteiger partial charge in [-0.2, -0.15) is 0 Å². The van der Waals surface area contributed by atoms with E-state index in [1.165, 1.54) is 11.6 Å². The lowest BCUT2D eigenvalue weighted by Gasteiger charge is -2.41. The molecule has 0 radical (unpaired) electrons. The largest absolute Gasteiger partial charge is 0.496 e. The Morgan fingerprint density at radius 1 is 1.07 bits per heavy atom. The summed E-state index contributed by atoms with van der Waals surface area (Å²) in [6.07, 6.45) is 0.683. The summed E-state index contributed by atoms with van der Waals surface area (Å²) < 4.78 is 24.8. The van der Waals surface area contributed by atoms with Gasteiger partial charge in [0.05, 0.1) is 13.7 Å². The van der Waals surface area contributed by atoms with E-state index in [4.69, 9.17) is 9.47 Å².